The Kier molecular flexibility index (Phi) is 3.65. The third-order valence-electron chi connectivity index (χ3n) is 2.92. The molecule has 0 aliphatic heterocycles. The molecular formula is C14H14F3N3. The van der Waals surface area contributed by atoms with Crippen molar-refractivity contribution < 1.29 is 13.2 Å². The first-order valence-electron chi connectivity index (χ1n) is 6.03. The van der Waals surface area contributed by atoms with E-state index in [2.05, 4.69) is 15.3 Å². The molecule has 0 saturated carbocycles. The molecule has 6 heteroatoms. The second-order valence-electron chi connectivity index (χ2n) is 4.46. The molecule has 2 rings (SSSR count). The molecule has 1 N–H and O–H groups in total. The molecule has 0 aliphatic carbocycles. The summed E-state index contributed by atoms with van der Waals surface area (Å²) in [5.74, 6) is 1.19. The van der Waals surface area contributed by atoms with E-state index in [1.807, 2.05) is 0 Å². The quantitative estimate of drug-likeness (QED) is 0.909. The number of aryl methyl sites for hydroxylation is 2. The van der Waals surface area contributed by atoms with Crippen LogP contribution in [0.3, 0.4) is 0 Å². The molecule has 0 unspecified atom stereocenters. The van der Waals surface area contributed by atoms with E-state index in [0.717, 1.165) is 12.1 Å². The number of rotatable bonds is 2. The maximum Gasteiger partial charge on any atom is 0.416 e. The van der Waals surface area contributed by atoms with E-state index in [9.17, 15) is 13.2 Å². The second kappa shape index (κ2) is 5.11. The highest BCUT2D eigenvalue weighted by Gasteiger charge is 2.30. The fourth-order valence-electron chi connectivity index (χ4n) is 1.96. The number of aromatic nitrogens is 2. The van der Waals surface area contributed by atoms with Gasteiger partial charge in [-0.15, -0.1) is 0 Å². The summed E-state index contributed by atoms with van der Waals surface area (Å²) < 4.78 is 37.9. The van der Waals surface area contributed by atoms with Gasteiger partial charge in [-0.2, -0.15) is 13.2 Å². The Morgan fingerprint density at radius 1 is 1.05 bits per heavy atom. The normalized spacial score (nSPS) is 11.5. The number of hydrogen-bond acceptors (Lipinski definition) is 3. The lowest BCUT2D eigenvalue weighted by Crippen LogP contribution is -2.05. The standard InChI is InChI=1S/C14H14F3N3/c1-8-6-10(14(15,16)17)4-5-11(8)12-7-13(18-3)20-9(2)19-12/h4-7H,1-3H3,(H,18,19,20). The van der Waals surface area contributed by atoms with E-state index >= 15 is 0 Å². The van der Waals surface area contributed by atoms with E-state index in [1.54, 1.807) is 27.0 Å². The zero-order valence-corrected chi connectivity index (χ0v) is 11.3. The maximum absolute atomic E-state index is 12.6. The lowest BCUT2D eigenvalue weighted by Gasteiger charge is -2.12. The monoisotopic (exact) mass is 281 g/mol. The van der Waals surface area contributed by atoms with Crippen LogP contribution in [-0.4, -0.2) is 17.0 Å². The fourth-order valence-corrected chi connectivity index (χ4v) is 1.96. The Morgan fingerprint density at radius 2 is 1.75 bits per heavy atom. The molecule has 2 aromatic rings. The summed E-state index contributed by atoms with van der Waals surface area (Å²) in [6, 6.07) is 5.35. The van der Waals surface area contributed by atoms with Crippen molar-refractivity contribution in [1.29, 1.82) is 0 Å². The summed E-state index contributed by atoms with van der Waals surface area (Å²) in [6.07, 6.45) is -4.33. The van der Waals surface area contributed by atoms with Crippen LogP contribution in [0.15, 0.2) is 24.3 Å². The highest BCUT2D eigenvalue weighted by atomic mass is 19.4. The summed E-state index contributed by atoms with van der Waals surface area (Å²) in [5.41, 5.74) is 1.14. The zero-order valence-electron chi connectivity index (χ0n) is 11.3. The Balaban J connectivity index is 2.51. The SMILES string of the molecule is CNc1cc(-c2ccc(C(F)(F)F)cc2C)nc(C)n1. The van der Waals surface area contributed by atoms with Gasteiger partial charge in [-0.3, -0.25) is 0 Å². The summed E-state index contributed by atoms with van der Waals surface area (Å²) in [4.78, 5) is 8.43. The van der Waals surface area contributed by atoms with Gasteiger partial charge >= 0.3 is 6.18 Å². The van der Waals surface area contributed by atoms with E-state index < -0.39 is 11.7 Å². The lowest BCUT2D eigenvalue weighted by molar-refractivity contribution is -0.137. The number of benzene rings is 1. The third kappa shape index (κ3) is 2.89. The molecule has 0 saturated heterocycles. The first kappa shape index (κ1) is 14.3. The first-order valence-corrected chi connectivity index (χ1v) is 6.03. The Labute approximate surface area is 114 Å². The van der Waals surface area contributed by atoms with E-state index in [-0.39, 0.29) is 0 Å². The Bertz CT molecular complexity index is 636. The van der Waals surface area contributed by atoms with Crippen LogP contribution in [-0.2, 0) is 6.18 Å². The van der Waals surface area contributed by atoms with Crippen LogP contribution in [0.4, 0.5) is 19.0 Å². The van der Waals surface area contributed by atoms with Crippen molar-refractivity contribution in [3.63, 3.8) is 0 Å². The number of hydrogen-bond donors (Lipinski definition) is 1. The van der Waals surface area contributed by atoms with Gasteiger partial charge in [-0.25, -0.2) is 9.97 Å². The van der Waals surface area contributed by atoms with Gasteiger partial charge in [0.1, 0.15) is 11.6 Å². The van der Waals surface area contributed by atoms with Crippen LogP contribution in [0, 0.1) is 13.8 Å². The second-order valence-corrected chi connectivity index (χ2v) is 4.46. The van der Waals surface area contributed by atoms with Crippen molar-refractivity contribution in [3.05, 3.63) is 41.2 Å². The molecule has 3 nitrogen and oxygen atoms in total. The van der Waals surface area contributed by atoms with Crippen molar-refractivity contribution in [3.8, 4) is 11.3 Å². The minimum atomic E-state index is -4.33. The average Bonchev–Trinajstić information content (AvgIpc) is 2.36. The molecule has 0 atom stereocenters. The fraction of sp³-hybridized carbons (Fsp3) is 0.286. The molecule has 106 valence electrons. The van der Waals surface area contributed by atoms with E-state index in [4.69, 9.17) is 0 Å². The van der Waals surface area contributed by atoms with Crippen molar-refractivity contribution in [2.75, 3.05) is 12.4 Å². The van der Waals surface area contributed by atoms with Gasteiger partial charge < -0.3 is 5.32 Å². The molecule has 1 heterocycles. The number of nitrogens with zero attached hydrogens (tertiary/aromatic N) is 2. The van der Waals surface area contributed by atoms with Crippen molar-refractivity contribution in [1.82, 2.24) is 9.97 Å². The minimum Gasteiger partial charge on any atom is -0.373 e. The highest BCUT2D eigenvalue weighted by molar-refractivity contribution is 5.66. The summed E-state index contributed by atoms with van der Waals surface area (Å²) in [7, 11) is 1.73. The molecular weight excluding hydrogens is 267 g/mol. The number of halogens is 3. The van der Waals surface area contributed by atoms with Gasteiger partial charge in [-0.1, -0.05) is 6.07 Å². The van der Waals surface area contributed by atoms with Gasteiger partial charge in [0.05, 0.1) is 11.3 Å². The molecule has 0 radical (unpaired) electrons. The smallest absolute Gasteiger partial charge is 0.373 e. The first-order chi connectivity index (χ1) is 9.31. The Morgan fingerprint density at radius 3 is 2.30 bits per heavy atom. The van der Waals surface area contributed by atoms with E-state index in [0.29, 0.717) is 28.5 Å². The predicted octanol–water partition coefficient (Wildman–Crippen LogP) is 3.82. The molecule has 0 spiro atoms. The Hall–Kier alpha value is -2.11. The largest absolute Gasteiger partial charge is 0.416 e. The highest BCUT2D eigenvalue weighted by Crippen LogP contribution is 2.33. The van der Waals surface area contributed by atoms with Crippen LogP contribution >= 0.6 is 0 Å². The predicted molar refractivity (Wildman–Crippen MR) is 71.5 cm³/mol. The third-order valence-corrected chi connectivity index (χ3v) is 2.92. The van der Waals surface area contributed by atoms with Crippen LogP contribution in [0.5, 0.6) is 0 Å². The minimum absolute atomic E-state index is 0.528. The summed E-state index contributed by atoms with van der Waals surface area (Å²) in [6.45, 7) is 3.38. The van der Waals surface area contributed by atoms with Gasteiger partial charge in [0.2, 0.25) is 0 Å². The molecule has 0 bridgehead atoms. The average molecular weight is 281 g/mol. The van der Waals surface area contributed by atoms with Gasteiger partial charge in [0, 0.05) is 18.7 Å². The van der Waals surface area contributed by atoms with Gasteiger partial charge in [0.25, 0.3) is 0 Å². The topological polar surface area (TPSA) is 37.8 Å². The van der Waals surface area contributed by atoms with Crippen LogP contribution in [0.2, 0.25) is 0 Å². The van der Waals surface area contributed by atoms with Crippen LogP contribution < -0.4 is 5.32 Å². The van der Waals surface area contributed by atoms with Crippen molar-refractivity contribution in [2.45, 2.75) is 20.0 Å². The molecule has 1 aromatic heterocycles. The van der Waals surface area contributed by atoms with Gasteiger partial charge in [0.15, 0.2) is 0 Å². The summed E-state index contributed by atoms with van der Waals surface area (Å²) in [5, 5.41) is 2.90. The number of nitrogens with one attached hydrogen (secondary N) is 1. The van der Waals surface area contributed by atoms with Crippen LogP contribution in [0.1, 0.15) is 17.0 Å². The molecule has 20 heavy (non-hydrogen) atoms. The number of anilines is 1. The van der Waals surface area contributed by atoms with Crippen molar-refractivity contribution in [2.24, 2.45) is 0 Å². The molecule has 1 aromatic carbocycles. The number of alkyl halides is 3. The summed E-state index contributed by atoms with van der Waals surface area (Å²) >= 11 is 0. The van der Waals surface area contributed by atoms with Crippen LogP contribution in [0.25, 0.3) is 11.3 Å². The van der Waals surface area contributed by atoms with E-state index in [1.165, 1.54) is 6.07 Å². The molecule has 0 aliphatic rings. The lowest BCUT2D eigenvalue weighted by atomic mass is 10.0. The molecule has 0 amide bonds. The zero-order chi connectivity index (χ0) is 14.9. The van der Waals surface area contributed by atoms with Gasteiger partial charge in [-0.05, 0) is 31.5 Å². The molecule has 0 fully saturated rings. The van der Waals surface area contributed by atoms with Crippen molar-refractivity contribution >= 4 is 5.82 Å². The maximum atomic E-state index is 12.6.